The van der Waals surface area contributed by atoms with E-state index in [1.54, 1.807) is 0 Å². The summed E-state index contributed by atoms with van der Waals surface area (Å²) in [6.45, 7) is -1.83. The Morgan fingerprint density at radius 3 is 2.60 bits per heavy atom. The van der Waals surface area contributed by atoms with Crippen molar-refractivity contribution >= 4 is 39.9 Å². The van der Waals surface area contributed by atoms with Gasteiger partial charge in [0.15, 0.2) is 0 Å². The van der Waals surface area contributed by atoms with Crippen molar-refractivity contribution in [2.24, 2.45) is 0 Å². The summed E-state index contributed by atoms with van der Waals surface area (Å²) < 4.78 is 29.6. The van der Waals surface area contributed by atoms with Gasteiger partial charge < -0.3 is 0 Å². The maximum atomic E-state index is 11.6. The van der Waals surface area contributed by atoms with Gasteiger partial charge >= 0.3 is 92.9 Å². The predicted molar refractivity (Wildman–Crippen MR) is 57.9 cm³/mol. The zero-order chi connectivity index (χ0) is 11.5. The van der Waals surface area contributed by atoms with Gasteiger partial charge in [-0.05, 0) is 0 Å². The third kappa shape index (κ3) is 4.52. The van der Waals surface area contributed by atoms with Gasteiger partial charge in [0.25, 0.3) is 0 Å². The summed E-state index contributed by atoms with van der Waals surface area (Å²) in [4.78, 5) is 0. The first kappa shape index (κ1) is 13.6. The number of aliphatic hydroxyl groups is 2. The van der Waals surface area contributed by atoms with Crippen LogP contribution < -0.4 is 0 Å². The van der Waals surface area contributed by atoms with Crippen LogP contribution >= 0.6 is 18.5 Å². The molecule has 15 heavy (non-hydrogen) atoms. The number of hydrogen-bond acceptors (Lipinski definition) is 7. The van der Waals surface area contributed by atoms with Crippen LogP contribution in [0.5, 0.6) is 0 Å². The molecule has 0 bridgehead atoms. The molecule has 0 aromatic heterocycles. The molecule has 6 nitrogen and oxygen atoms in total. The van der Waals surface area contributed by atoms with Gasteiger partial charge in [0, 0.05) is 0 Å². The molecule has 1 rings (SSSR count). The third-order valence-electron chi connectivity index (χ3n) is 1.55. The Kier molecular flexibility index (Phi) is 4.79. The van der Waals surface area contributed by atoms with Crippen LogP contribution in [-0.2, 0) is 13.6 Å². The average molecular weight is 248 g/mol. The van der Waals surface area contributed by atoms with E-state index in [-0.39, 0.29) is 18.3 Å². The second kappa shape index (κ2) is 5.27. The van der Waals surface area contributed by atoms with Crippen LogP contribution in [-0.4, -0.2) is 60.8 Å². The van der Waals surface area contributed by atoms with Crippen LogP contribution in [0.4, 0.5) is 0 Å². The van der Waals surface area contributed by atoms with Crippen LogP contribution in [0.2, 0.25) is 0 Å². The van der Waals surface area contributed by atoms with Crippen molar-refractivity contribution in [3.8, 4) is 0 Å². The zero-order valence-corrected chi connectivity index (χ0v) is 9.36. The fourth-order valence-corrected chi connectivity index (χ4v) is 2.30. The molecule has 0 aromatic carbocycles. The van der Waals surface area contributed by atoms with Gasteiger partial charge in [-0.3, -0.25) is 0 Å². The minimum absolute atomic E-state index is 0.134. The summed E-state index contributed by atoms with van der Waals surface area (Å²) in [5.74, 6) is 0. The molecular weight excluding hydrogens is 240 g/mol. The molecule has 0 fully saturated rings. The number of rotatable bonds is 7. The van der Waals surface area contributed by atoms with E-state index in [9.17, 15) is 9.67 Å². The van der Waals surface area contributed by atoms with Gasteiger partial charge in [-0.25, -0.2) is 0 Å². The quantitative estimate of drug-likeness (QED) is 0.295. The summed E-state index contributed by atoms with van der Waals surface area (Å²) in [7, 11) is 5.16. The van der Waals surface area contributed by atoms with Crippen LogP contribution in [0, 0.1) is 0 Å². The Morgan fingerprint density at radius 2 is 2.20 bits per heavy atom. The van der Waals surface area contributed by atoms with Crippen LogP contribution in [0.1, 0.15) is 0 Å². The van der Waals surface area contributed by atoms with E-state index in [1.165, 1.54) is 13.6 Å². The van der Waals surface area contributed by atoms with Crippen LogP contribution in [0.3, 0.4) is 0 Å². The van der Waals surface area contributed by atoms with Crippen molar-refractivity contribution in [2.45, 2.75) is 11.4 Å². The molecule has 0 saturated carbocycles. The standard InChI is InChI=1S/C4H8B3O6PS/c5-3(1-8)13-14(10,15-11)12-2-4(9)6-7-4/h3,8-9,11H,1-2H2. The molecule has 2 radical (unpaired) electrons. The monoisotopic (exact) mass is 248 g/mol. The summed E-state index contributed by atoms with van der Waals surface area (Å²) in [5, 5.41) is 16.6. The first-order chi connectivity index (χ1) is 6.93. The fourth-order valence-electron chi connectivity index (χ4n) is 0.647. The van der Waals surface area contributed by atoms with Gasteiger partial charge in [-0.2, -0.15) is 0 Å². The van der Waals surface area contributed by atoms with Gasteiger partial charge in [0.2, 0.25) is 0 Å². The van der Waals surface area contributed by atoms with E-state index in [4.69, 9.17) is 22.0 Å². The van der Waals surface area contributed by atoms with Gasteiger partial charge in [-0.1, -0.05) is 0 Å². The molecule has 0 spiro atoms. The first-order valence-electron chi connectivity index (χ1n) is 3.98. The summed E-state index contributed by atoms with van der Waals surface area (Å²) in [6, 6.07) is -1.21. The van der Waals surface area contributed by atoms with Gasteiger partial charge in [0.05, 0.1) is 0 Å². The fraction of sp³-hybridized carbons (Fsp3) is 1.00. The Bertz CT molecular complexity index is 294. The molecule has 1 heterocycles. The van der Waals surface area contributed by atoms with Crippen LogP contribution in [0.25, 0.3) is 0 Å². The van der Waals surface area contributed by atoms with Crippen molar-refractivity contribution in [3.63, 3.8) is 0 Å². The molecule has 1 aliphatic heterocycles. The first-order valence-corrected chi connectivity index (χ1v) is 6.90. The molecule has 0 saturated heterocycles. The Hall–Kier alpha value is 0.575. The predicted octanol–water partition coefficient (Wildman–Crippen LogP) is -1.20. The average Bonchev–Trinajstić information content (AvgIpc) is 2.94. The van der Waals surface area contributed by atoms with Crippen molar-refractivity contribution in [2.75, 3.05) is 13.2 Å². The molecule has 80 valence electrons. The molecule has 2 atom stereocenters. The maximum absolute atomic E-state index is 11.6. The van der Waals surface area contributed by atoms with E-state index < -0.39 is 24.8 Å². The molecular formula is C4H8B3O6PS. The Balaban J connectivity index is 2.41. The Labute approximate surface area is 93.4 Å². The number of hydrogen-bond donors (Lipinski definition) is 3. The molecule has 1 aliphatic rings. The Morgan fingerprint density at radius 1 is 1.60 bits per heavy atom. The topological polar surface area (TPSA) is 96.2 Å². The SMILES string of the molecule is [B]C(CO)OP(=O)(OCC1(O)B=B1)SO. The van der Waals surface area contributed by atoms with E-state index in [1.807, 2.05) is 0 Å². The van der Waals surface area contributed by atoms with Crippen molar-refractivity contribution in [3.05, 3.63) is 0 Å². The van der Waals surface area contributed by atoms with Crippen LogP contribution in [0.15, 0.2) is 0 Å². The summed E-state index contributed by atoms with van der Waals surface area (Å²) >= 11 is -0.134. The van der Waals surface area contributed by atoms with Crippen molar-refractivity contribution < 1.29 is 28.4 Å². The zero-order valence-electron chi connectivity index (χ0n) is 7.65. The van der Waals surface area contributed by atoms with E-state index in [0.717, 1.165) is 0 Å². The third-order valence-corrected chi connectivity index (χ3v) is 3.90. The second-order valence-corrected chi connectivity index (χ2v) is 6.31. The van der Waals surface area contributed by atoms with E-state index in [2.05, 4.69) is 4.52 Å². The summed E-state index contributed by atoms with van der Waals surface area (Å²) in [6.07, 6.45) is 0. The molecule has 2 unspecified atom stereocenters. The number of aliphatic hydroxyl groups excluding tert-OH is 1. The van der Waals surface area contributed by atoms with Gasteiger partial charge in [-0.15, -0.1) is 0 Å². The molecule has 0 amide bonds. The molecule has 11 heteroatoms. The van der Waals surface area contributed by atoms with E-state index in [0.29, 0.717) is 0 Å². The molecule has 0 aliphatic carbocycles. The normalized spacial score (nSPS) is 22.3. The summed E-state index contributed by atoms with van der Waals surface area (Å²) in [5.41, 5.74) is 0. The van der Waals surface area contributed by atoms with Crippen molar-refractivity contribution in [1.29, 1.82) is 0 Å². The van der Waals surface area contributed by atoms with Crippen molar-refractivity contribution in [1.82, 2.24) is 0 Å². The molecule has 3 N–H and O–H groups in total. The van der Waals surface area contributed by atoms with Gasteiger partial charge in [0.1, 0.15) is 0 Å². The second-order valence-electron chi connectivity index (χ2n) is 2.95. The minimum atomic E-state index is -3.84. The molecule has 0 aromatic rings. The van der Waals surface area contributed by atoms with E-state index >= 15 is 0 Å².